The fraction of sp³-hybridized carbons (Fsp3) is 0.111. The van der Waals surface area contributed by atoms with E-state index in [1.165, 1.54) is 4.80 Å². The summed E-state index contributed by atoms with van der Waals surface area (Å²) >= 11 is 3.37. The van der Waals surface area contributed by atoms with Crippen molar-refractivity contribution in [1.82, 2.24) is 15.0 Å². The SMILES string of the molecule is COc1cc(Br)ccc1-n1nccn1. The van der Waals surface area contributed by atoms with Crippen molar-refractivity contribution in [3.05, 3.63) is 35.1 Å². The van der Waals surface area contributed by atoms with Crippen molar-refractivity contribution in [1.29, 1.82) is 0 Å². The quantitative estimate of drug-likeness (QED) is 0.823. The van der Waals surface area contributed by atoms with Gasteiger partial charge in [0.1, 0.15) is 11.4 Å². The summed E-state index contributed by atoms with van der Waals surface area (Å²) < 4.78 is 6.18. The molecule has 2 rings (SSSR count). The van der Waals surface area contributed by atoms with E-state index in [9.17, 15) is 0 Å². The fourth-order valence-electron chi connectivity index (χ4n) is 1.16. The third-order valence-electron chi connectivity index (χ3n) is 1.78. The Bertz CT molecular complexity index is 428. The maximum atomic E-state index is 5.22. The second-order valence-corrected chi connectivity index (χ2v) is 3.55. The summed E-state index contributed by atoms with van der Waals surface area (Å²) in [5.74, 6) is 0.732. The number of hydrogen-bond donors (Lipinski definition) is 0. The summed E-state index contributed by atoms with van der Waals surface area (Å²) in [5.41, 5.74) is 0.820. The number of nitrogens with zero attached hydrogens (tertiary/aromatic N) is 3. The van der Waals surface area contributed by atoms with Crippen molar-refractivity contribution in [3.63, 3.8) is 0 Å². The molecule has 0 atom stereocenters. The Hall–Kier alpha value is -1.36. The number of aromatic nitrogens is 3. The number of ether oxygens (including phenoxy) is 1. The Morgan fingerprint density at radius 2 is 2.00 bits per heavy atom. The molecule has 1 aromatic carbocycles. The van der Waals surface area contributed by atoms with Gasteiger partial charge in [0.25, 0.3) is 0 Å². The highest BCUT2D eigenvalue weighted by atomic mass is 79.9. The van der Waals surface area contributed by atoms with Crippen molar-refractivity contribution in [3.8, 4) is 11.4 Å². The van der Waals surface area contributed by atoms with E-state index in [2.05, 4.69) is 26.1 Å². The highest BCUT2D eigenvalue weighted by Crippen LogP contribution is 2.25. The second-order valence-electron chi connectivity index (χ2n) is 2.63. The van der Waals surface area contributed by atoms with Crippen molar-refractivity contribution in [2.24, 2.45) is 0 Å². The molecule has 5 heteroatoms. The molecule has 1 aromatic heterocycles. The van der Waals surface area contributed by atoms with Crippen LogP contribution in [0.25, 0.3) is 5.69 Å². The van der Waals surface area contributed by atoms with Crippen LogP contribution in [0.5, 0.6) is 5.75 Å². The summed E-state index contributed by atoms with van der Waals surface area (Å²) in [6.07, 6.45) is 3.25. The Labute approximate surface area is 89.6 Å². The molecule has 14 heavy (non-hydrogen) atoms. The minimum absolute atomic E-state index is 0.732. The first-order valence-electron chi connectivity index (χ1n) is 4.01. The van der Waals surface area contributed by atoms with Crippen LogP contribution < -0.4 is 4.74 Å². The molecule has 0 fully saturated rings. The molecule has 0 saturated carbocycles. The lowest BCUT2D eigenvalue weighted by Gasteiger charge is -2.06. The van der Waals surface area contributed by atoms with E-state index in [1.807, 2.05) is 18.2 Å². The van der Waals surface area contributed by atoms with Gasteiger partial charge in [-0.2, -0.15) is 10.2 Å². The molecule has 2 aromatic rings. The standard InChI is InChI=1S/C9H8BrN3O/c1-14-9-6-7(10)2-3-8(9)13-11-4-5-12-13/h2-6H,1H3. The summed E-state index contributed by atoms with van der Waals surface area (Å²) in [6, 6.07) is 5.68. The molecule has 0 N–H and O–H groups in total. The first-order chi connectivity index (χ1) is 6.81. The number of benzene rings is 1. The van der Waals surface area contributed by atoms with Gasteiger partial charge >= 0.3 is 0 Å². The van der Waals surface area contributed by atoms with Crippen LogP contribution in [0.3, 0.4) is 0 Å². The van der Waals surface area contributed by atoms with Crippen LogP contribution >= 0.6 is 15.9 Å². The third kappa shape index (κ3) is 1.63. The molecule has 0 spiro atoms. The monoisotopic (exact) mass is 253 g/mol. The summed E-state index contributed by atoms with van der Waals surface area (Å²) in [7, 11) is 1.62. The lowest BCUT2D eigenvalue weighted by molar-refractivity contribution is 0.409. The smallest absolute Gasteiger partial charge is 0.147 e. The van der Waals surface area contributed by atoms with Gasteiger partial charge in [0, 0.05) is 4.47 Å². The lowest BCUT2D eigenvalue weighted by atomic mass is 10.3. The first kappa shape index (κ1) is 9.21. The zero-order valence-electron chi connectivity index (χ0n) is 7.51. The zero-order valence-corrected chi connectivity index (χ0v) is 9.10. The third-order valence-corrected chi connectivity index (χ3v) is 2.27. The van der Waals surface area contributed by atoms with Gasteiger partial charge in [-0.1, -0.05) is 15.9 Å². The van der Waals surface area contributed by atoms with E-state index in [0.29, 0.717) is 0 Å². The Kier molecular flexibility index (Phi) is 2.49. The van der Waals surface area contributed by atoms with Crippen molar-refractivity contribution < 1.29 is 4.74 Å². The maximum absolute atomic E-state index is 5.22. The van der Waals surface area contributed by atoms with E-state index in [0.717, 1.165) is 15.9 Å². The summed E-state index contributed by atoms with van der Waals surface area (Å²) in [5, 5.41) is 8.07. The van der Waals surface area contributed by atoms with Crippen molar-refractivity contribution >= 4 is 15.9 Å². The number of halogens is 1. The summed E-state index contributed by atoms with van der Waals surface area (Å²) in [6.45, 7) is 0. The number of hydrogen-bond acceptors (Lipinski definition) is 3. The molecule has 0 saturated heterocycles. The van der Waals surface area contributed by atoms with Gasteiger partial charge in [0.05, 0.1) is 19.5 Å². The zero-order chi connectivity index (χ0) is 9.97. The maximum Gasteiger partial charge on any atom is 0.147 e. The van der Waals surface area contributed by atoms with Crippen LogP contribution in [0.4, 0.5) is 0 Å². The van der Waals surface area contributed by atoms with Crippen LogP contribution in [0.15, 0.2) is 35.1 Å². The van der Waals surface area contributed by atoms with E-state index in [1.54, 1.807) is 19.5 Å². The molecule has 72 valence electrons. The van der Waals surface area contributed by atoms with Gasteiger partial charge in [0.15, 0.2) is 0 Å². The van der Waals surface area contributed by atoms with Crippen LogP contribution in [-0.2, 0) is 0 Å². The molecule has 0 aliphatic heterocycles. The minimum Gasteiger partial charge on any atom is -0.494 e. The molecular weight excluding hydrogens is 246 g/mol. The Morgan fingerprint density at radius 1 is 1.29 bits per heavy atom. The normalized spacial score (nSPS) is 10.1. The largest absolute Gasteiger partial charge is 0.494 e. The first-order valence-corrected chi connectivity index (χ1v) is 4.81. The average Bonchev–Trinajstić information content (AvgIpc) is 2.70. The van der Waals surface area contributed by atoms with Gasteiger partial charge < -0.3 is 4.74 Å². The fourth-order valence-corrected chi connectivity index (χ4v) is 1.50. The molecular formula is C9H8BrN3O. The van der Waals surface area contributed by atoms with Gasteiger partial charge in [-0.05, 0) is 18.2 Å². The van der Waals surface area contributed by atoms with Crippen LogP contribution in [-0.4, -0.2) is 22.1 Å². The number of rotatable bonds is 2. The molecule has 0 bridgehead atoms. The van der Waals surface area contributed by atoms with E-state index < -0.39 is 0 Å². The molecule has 0 aliphatic carbocycles. The Balaban J connectivity index is 2.53. The molecule has 0 aliphatic rings. The van der Waals surface area contributed by atoms with Crippen LogP contribution in [0.2, 0.25) is 0 Å². The molecule has 0 amide bonds. The van der Waals surface area contributed by atoms with E-state index in [4.69, 9.17) is 4.74 Å². The molecule has 0 unspecified atom stereocenters. The van der Waals surface area contributed by atoms with Gasteiger partial charge in [-0.3, -0.25) is 0 Å². The lowest BCUT2D eigenvalue weighted by Crippen LogP contribution is -2.01. The predicted molar refractivity (Wildman–Crippen MR) is 55.6 cm³/mol. The van der Waals surface area contributed by atoms with Crippen LogP contribution in [0, 0.1) is 0 Å². The predicted octanol–water partition coefficient (Wildman–Crippen LogP) is 2.04. The van der Waals surface area contributed by atoms with Crippen molar-refractivity contribution in [2.45, 2.75) is 0 Å². The van der Waals surface area contributed by atoms with Gasteiger partial charge in [0.2, 0.25) is 0 Å². The second kappa shape index (κ2) is 3.79. The van der Waals surface area contributed by atoms with Crippen LogP contribution in [0.1, 0.15) is 0 Å². The van der Waals surface area contributed by atoms with Gasteiger partial charge in [-0.25, -0.2) is 0 Å². The summed E-state index contributed by atoms with van der Waals surface area (Å²) in [4.78, 5) is 1.52. The molecule has 1 heterocycles. The average molecular weight is 254 g/mol. The topological polar surface area (TPSA) is 39.9 Å². The minimum atomic E-state index is 0.732. The molecule has 4 nitrogen and oxygen atoms in total. The highest BCUT2D eigenvalue weighted by molar-refractivity contribution is 9.10. The van der Waals surface area contributed by atoms with Gasteiger partial charge in [-0.15, -0.1) is 4.80 Å². The Morgan fingerprint density at radius 3 is 2.64 bits per heavy atom. The van der Waals surface area contributed by atoms with E-state index >= 15 is 0 Å². The van der Waals surface area contributed by atoms with Crippen molar-refractivity contribution in [2.75, 3.05) is 7.11 Å². The molecule has 0 radical (unpaired) electrons. The van der Waals surface area contributed by atoms with E-state index in [-0.39, 0.29) is 0 Å². The number of methoxy groups -OCH3 is 1. The highest BCUT2D eigenvalue weighted by Gasteiger charge is 2.06.